The predicted molar refractivity (Wildman–Crippen MR) is 66.3 cm³/mol. The van der Waals surface area contributed by atoms with Crippen LogP contribution in [0, 0.1) is 0 Å². The molecule has 0 aliphatic carbocycles. The maximum atomic E-state index is 12.2. The maximum absolute atomic E-state index is 12.2. The smallest absolute Gasteiger partial charge is 0.422 e. The summed E-state index contributed by atoms with van der Waals surface area (Å²) in [4.78, 5) is 0. The van der Waals surface area contributed by atoms with Crippen LogP contribution in [0.5, 0.6) is 5.75 Å². The Balaban J connectivity index is 2.00. The van der Waals surface area contributed by atoms with Gasteiger partial charge in [-0.05, 0) is 12.1 Å². The first kappa shape index (κ1) is 14.2. The molecule has 1 heterocycles. The number of aryl methyl sites for hydroxylation is 1. The summed E-state index contributed by atoms with van der Waals surface area (Å²) >= 11 is 0. The van der Waals surface area contributed by atoms with E-state index in [1.54, 1.807) is 36.1 Å². The maximum Gasteiger partial charge on any atom is 0.422 e. The molecule has 0 saturated carbocycles. The number of hydrogen-bond acceptors (Lipinski definition) is 4. The highest BCUT2D eigenvalue weighted by molar-refractivity contribution is 5.56. The van der Waals surface area contributed by atoms with Gasteiger partial charge in [-0.15, -0.1) is 5.10 Å². The lowest BCUT2D eigenvalue weighted by atomic mass is 10.3. The summed E-state index contributed by atoms with van der Waals surface area (Å²) in [6.07, 6.45) is -2.65. The number of benzene rings is 1. The van der Waals surface area contributed by atoms with Gasteiger partial charge in [0.25, 0.3) is 0 Å². The Kier molecular flexibility index (Phi) is 4.11. The first-order chi connectivity index (χ1) is 9.44. The second-order valence-electron chi connectivity index (χ2n) is 4.14. The molecule has 1 aromatic heterocycles. The van der Waals surface area contributed by atoms with E-state index in [1.807, 2.05) is 0 Å². The number of alkyl halides is 3. The first-order valence-electron chi connectivity index (χ1n) is 5.82. The van der Waals surface area contributed by atoms with E-state index in [0.717, 1.165) is 0 Å². The van der Waals surface area contributed by atoms with Crippen molar-refractivity contribution in [2.24, 2.45) is 7.05 Å². The van der Waals surface area contributed by atoms with E-state index in [1.165, 1.54) is 6.07 Å². The summed E-state index contributed by atoms with van der Waals surface area (Å²) in [6, 6.07) is 6.44. The summed E-state index contributed by atoms with van der Waals surface area (Å²) in [5.41, 5.74) is 1.15. The number of halogens is 3. The van der Waals surface area contributed by atoms with Crippen molar-refractivity contribution in [3.8, 4) is 5.75 Å². The molecule has 108 valence electrons. The number of para-hydroxylation sites is 2. The van der Waals surface area contributed by atoms with Crippen molar-refractivity contribution in [3.63, 3.8) is 0 Å². The van der Waals surface area contributed by atoms with Crippen LogP contribution in [-0.4, -0.2) is 27.8 Å². The number of hydrogen-bond donors (Lipinski definition) is 1. The molecule has 0 bridgehead atoms. The second kappa shape index (κ2) is 5.81. The Labute approximate surface area is 113 Å². The highest BCUT2D eigenvalue weighted by Crippen LogP contribution is 2.26. The SMILES string of the molecule is Cn1cc(CNc2ccccc2OCC(F)(F)F)nn1. The average Bonchev–Trinajstić information content (AvgIpc) is 2.80. The average molecular weight is 286 g/mol. The van der Waals surface area contributed by atoms with E-state index in [9.17, 15) is 13.2 Å². The zero-order chi connectivity index (χ0) is 14.6. The fourth-order valence-electron chi connectivity index (χ4n) is 1.56. The van der Waals surface area contributed by atoms with E-state index < -0.39 is 12.8 Å². The van der Waals surface area contributed by atoms with Crippen molar-refractivity contribution in [2.75, 3.05) is 11.9 Å². The lowest BCUT2D eigenvalue weighted by Crippen LogP contribution is -2.19. The van der Waals surface area contributed by atoms with Gasteiger partial charge in [0.05, 0.1) is 12.2 Å². The van der Waals surface area contributed by atoms with Gasteiger partial charge in [0.15, 0.2) is 6.61 Å². The molecule has 0 amide bonds. The van der Waals surface area contributed by atoms with Crippen LogP contribution in [0.3, 0.4) is 0 Å². The molecule has 0 radical (unpaired) electrons. The zero-order valence-corrected chi connectivity index (χ0v) is 10.7. The molecule has 0 aliphatic heterocycles. The lowest BCUT2D eigenvalue weighted by molar-refractivity contribution is -0.153. The Morgan fingerprint density at radius 1 is 1.30 bits per heavy atom. The molecule has 0 atom stereocenters. The molecule has 0 unspecified atom stereocenters. The number of rotatable bonds is 5. The third kappa shape index (κ3) is 4.15. The minimum Gasteiger partial charge on any atom is -0.482 e. The largest absolute Gasteiger partial charge is 0.482 e. The van der Waals surface area contributed by atoms with E-state index in [4.69, 9.17) is 4.74 Å². The van der Waals surface area contributed by atoms with Gasteiger partial charge in [-0.3, -0.25) is 4.68 Å². The van der Waals surface area contributed by atoms with Gasteiger partial charge in [-0.1, -0.05) is 17.3 Å². The molecule has 20 heavy (non-hydrogen) atoms. The number of aromatic nitrogens is 3. The van der Waals surface area contributed by atoms with Gasteiger partial charge in [0.1, 0.15) is 11.4 Å². The third-order valence-corrected chi connectivity index (χ3v) is 2.39. The number of nitrogens with zero attached hydrogens (tertiary/aromatic N) is 3. The van der Waals surface area contributed by atoms with Crippen LogP contribution in [0.25, 0.3) is 0 Å². The number of nitrogens with one attached hydrogen (secondary N) is 1. The normalized spacial score (nSPS) is 11.4. The Morgan fingerprint density at radius 2 is 2.05 bits per heavy atom. The van der Waals surface area contributed by atoms with Gasteiger partial charge in [0.2, 0.25) is 0 Å². The van der Waals surface area contributed by atoms with Crippen molar-refractivity contribution in [1.82, 2.24) is 15.0 Å². The topological polar surface area (TPSA) is 52.0 Å². The molecule has 0 aliphatic rings. The van der Waals surface area contributed by atoms with Crippen molar-refractivity contribution in [1.29, 1.82) is 0 Å². The Bertz CT molecular complexity index is 568. The summed E-state index contributed by atoms with van der Waals surface area (Å²) in [7, 11) is 1.73. The van der Waals surface area contributed by atoms with Crippen LogP contribution in [0.1, 0.15) is 5.69 Å². The summed E-state index contributed by atoms with van der Waals surface area (Å²) in [5.74, 6) is 0.147. The minimum atomic E-state index is -4.36. The standard InChI is InChI=1S/C12H13F3N4O/c1-19-7-9(17-18-19)6-16-10-4-2-3-5-11(10)20-8-12(13,14)15/h2-5,7,16H,6,8H2,1H3. The molecule has 1 aromatic carbocycles. The van der Waals surface area contributed by atoms with Crippen molar-refractivity contribution >= 4 is 5.69 Å². The van der Waals surface area contributed by atoms with Crippen LogP contribution in [-0.2, 0) is 13.6 Å². The monoisotopic (exact) mass is 286 g/mol. The van der Waals surface area contributed by atoms with E-state index >= 15 is 0 Å². The lowest BCUT2D eigenvalue weighted by Gasteiger charge is -2.13. The van der Waals surface area contributed by atoms with Crippen LogP contribution in [0.4, 0.5) is 18.9 Å². The highest BCUT2D eigenvalue weighted by atomic mass is 19.4. The minimum absolute atomic E-state index is 0.147. The zero-order valence-electron chi connectivity index (χ0n) is 10.7. The molecular weight excluding hydrogens is 273 g/mol. The Hall–Kier alpha value is -2.25. The van der Waals surface area contributed by atoms with Crippen LogP contribution >= 0.6 is 0 Å². The van der Waals surface area contributed by atoms with Gasteiger partial charge >= 0.3 is 6.18 Å². The van der Waals surface area contributed by atoms with E-state index in [-0.39, 0.29) is 5.75 Å². The summed E-state index contributed by atoms with van der Waals surface area (Å²) in [6.45, 7) is -0.975. The first-order valence-corrected chi connectivity index (χ1v) is 5.82. The van der Waals surface area contributed by atoms with Crippen molar-refractivity contribution < 1.29 is 17.9 Å². The van der Waals surface area contributed by atoms with Crippen molar-refractivity contribution in [2.45, 2.75) is 12.7 Å². The Morgan fingerprint density at radius 3 is 2.70 bits per heavy atom. The van der Waals surface area contributed by atoms with Crippen LogP contribution in [0.2, 0.25) is 0 Å². The fourth-order valence-corrected chi connectivity index (χ4v) is 1.56. The van der Waals surface area contributed by atoms with Gasteiger partial charge in [-0.25, -0.2) is 0 Å². The quantitative estimate of drug-likeness (QED) is 0.916. The van der Waals surface area contributed by atoms with E-state index in [0.29, 0.717) is 17.9 Å². The van der Waals surface area contributed by atoms with Crippen molar-refractivity contribution in [3.05, 3.63) is 36.2 Å². The molecule has 0 spiro atoms. The van der Waals surface area contributed by atoms with Gasteiger partial charge in [-0.2, -0.15) is 13.2 Å². The van der Waals surface area contributed by atoms with Gasteiger partial charge in [0, 0.05) is 13.2 Å². The molecule has 2 aromatic rings. The fraction of sp³-hybridized carbons (Fsp3) is 0.333. The second-order valence-corrected chi connectivity index (χ2v) is 4.14. The molecule has 5 nitrogen and oxygen atoms in total. The highest BCUT2D eigenvalue weighted by Gasteiger charge is 2.28. The van der Waals surface area contributed by atoms with E-state index in [2.05, 4.69) is 15.6 Å². The summed E-state index contributed by atoms with van der Waals surface area (Å²) in [5, 5.41) is 10.6. The van der Waals surface area contributed by atoms with Crippen LogP contribution < -0.4 is 10.1 Å². The van der Waals surface area contributed by atoms with Crippen LogP contribution in [0.15, 0.2) is 30.5 Å². The molecular formula is C12H13F3N4O. The molecule has 2 rings (SSSR count). The molecule has 0 fully saturated rings. The number of ether oxygens (including phenoxy) is 1. The molecule has 1 N–H and O–H groups in total. The molecule has 0 saturated heterocycles. The molecule has 8 heteroatoms. The van der Waals surface area contributed by atoms with Gasteiger partial charge < -0.3 is 10.1 Å². The number of anilines is 1. The summed E-state index contributed by atoms with van der Waals surface area (Å²) < 4.78 is 42.8. The third-order valence-electron chi connectivity index (χ3n) is 2.39. The predicted octanol–water partition coefficient (Wildman–Crippen LogP) is 2.37.